The van der Waals surface area contributed by atoms with E-state index < -0.39 is 0 Å². The minimum atomic E-state index is -0.0607. The van der Waals surface area contributed by atoms with Gasteiger partial charge in [-0.1, -0.05) is 12.1 Å². The van der Waals surface area contributed by atoms with Gasteiger partial charge in [-0.2, -0.15) is 0 Å². The highest BCUT2D eigenvalue weighted by Crippen LogP contribution is 2.14. The third kappa shape index (κ3) is 2.92. The highest BCUT2D eigenvalue weighted by Gasteiger charge is 2.13. The summed E-state index contributed by atoms with van der Waals surface area (Å²) in [5.74, 6) is 0. The van der Waals surface area contributed by atoms with Gasteiger partial charge >= 0.3 is 0 Å². The molecule has 0 aliphatic carbocycles. The maximum absolute atomic E-state index is 11.8. The van der Waals surface area contributed by atoms with Crippen molar-refractivity contribution in [3.63, 3.8) is 0 Å². The number of rotatable bonds is 4. The number of nitrogens with zero attached hydrogens (tertiary/aromatic N) is 1. The minimum Gasteiger partial charge on any atom is -0.353 e. The van der Waals surface area contributed by atoms with Crippen molar-refractivity contribution in [1.29, 1.82) is 0 Å². The molecule has 1 aromatic carbocycles. The normalized spacial score (nSPS) is 19.3. The molecule has 1 fully saturated rings. The summed E-state index contributed by atoms with van der Waals surface area (Å²) < 4.78 is 13.3. The fraction of sp³-hybridized carbons (Fsp3) is 0.438. The zero-order valence-corrected chi connectivity index (χ0v) is 11.5. The molecule has 1 aliphatic rings. The fourth-order valence-electron chi connectivity index (χ4n) is 2.58. The predicted octanol–water partition coefficient (Wildman–Crippen LogP) is 2.54. The number of pyridine rings is 1. The Bertz CT molecular complexity index is 629. The van der Waals surface area contributed by atoms with Gasteiger partial charge in [0.25, 0.3) is 0 Å². The molecule has 1 aliphatic heterocycles. The maximum Gasteiger partial charge on any atom is 0.189 e. The van der Waals surface area contributed by atoms with E-state index in [-0.39, 0.29) is 11.7 Å². The van der Waals surface area contributed by atoms with Crippen molar-refractivity contribution >= 4 is 10.9 Å². The smallest absolute Gasteiger partial charge is 0.189 e. The summed E-state index contributed by atoms with van der Waals surface area (Å²) in [5.41, 5.74) is 1.02. The van der Waals surface area contributed by atoms with Gasteiger partial charge in [-0.25, -0.2) is 0 Å². The van der Waals surface area contributed by atoms with Crippen LogP contribution in [0.5, 0.6) is 0 Å². The number of hydrogen-bond donors (Lipinski definition) is 0. The van der Waals surface area contributed by atoms with E-state index >= 15 is 0 Å². The van der Waals surface area contributed by atoms with Crippen molar-refractivity contribution in [3.8, 4) is 0 Å². The lowest BCUT2D eigenvalue weighted by atomic mass is 10.2. The molecule has 20 heavy (non-hydrogen) atoms. The summed E-state index contributed by atoms with van der Waals surface area (Å²) in [7, 11) is 0. The van der Waals surface area contributed by atoms with Crippen LogP contribution in [0.4, 0.5) is 0 Å². The minimum absolute atomic E-state index is 0.0607. The van der Waals surface area contributed by atoms with Crippen LogP contribution in [0.2, 0.25) is 0 Å². The molecule has 2 heterocycles. The number of benzene rings is 1. The van der Waals surface area contributed by atoms with Gasteiger partial charge in [0.2, 0.25) is 0 Å². The van der Waals surface area contributed by atoms with E-state index in [4.69, 9.17) is 9.47 Å². The Balaban J connectivity index is 1.68. The Kier molecular flexibility index (Phi) is 4.14. The maximum atomic E-state index is 11.8. The average molecular weight is 273 g/mol. The third-order valence-corrected chi connectivity index (χ3v) is 3.66. The Labute approximate surface area is 117 Å². The highest BCUT2D eigenvalue weighted by molar-refractivity contribution is 5.78. The first-order valence-corrected chi connectivity index (χ1v) is 7.16. The Hall–Kier alpha value is -1.65. The highest BCUT2D eigenvalue weighted by atomic mass is 16.7. The molecule has 3 rings (SSSR count). The van der Waals surface area contributed by atoms with Gasteiger partial charge in [-0.15, -0.1) is 0 Å². The van der Waals surface area contributed by atoms with Gasteiger partial charge < -0.3 is 14.0 Å². The van der Waals surface area contributed by atoms with Gasteiger partial charge in [0.05, 0.1) is 12.1 Å². The number of aromatic nitrogens is 1. The van der Waals surface area contributed by atoms with E-state index in [1.165, 1.54) is 6.42 Å². The molecule has 0 spiro atoms. The van der Waals surface area contributed by atoms with E-state index in [1.54, 1.807) is 6.07 Å². The number of fused-ring (bicyclic) bond motifs is 1. The SMILES string of the molecule is O=c1ccn(CCOC2CCCCO2)c2ccccc12. The van der Waals surface area contributed by atoms with Crippen molar-refractivity contribution in [1.82, 2.24) is 4.57 Å². The molecular weight excluding hydrogens is 254 g/mol. The van der Waals surface area contributed by atoms with Crippen LogP contribution in [0.25, 0.3) is 10.9 Å². The first-order valence-electron chi connectivity index (χ1n) is 7.16. The lowest BCUT2D eigenvalue weighted by molar-refractivity contribution is -0.163. The van der Waals surface area contributed by atoms with Crippen LogP contribution >= 0.6 is 0 Å². The number of hydrogen-bond acceptors (Lipinski definition) is 3. The topological polar surface area (TPSA) is 40.5 Å². The summed E-state index contributed by atoms with van der Waals surface area (Å²) in [6.07, 6.45) is 5.05. The van der Waals surface area contributed by atoms with Crippen molar-refractivity contribution in [2.24, 2.45) is 0 Å². The number of para-hydroxylation sites is 1. The molecule has 1 aromatic heterocycles. The molecule has 2 aromatic rings. The Morgan fingerprint density at radius 2 is 2.15 bits per heavy atom. The standard InChI is InChI=1S/C16H19NO3/c18-15-8-9-17(14-6-2-1-5-13(14)15)10-12-20-16-7-3-4-11-19-16/h1-2,5-6,8-9,16H,3-4,7,10-12H2. The van der Waals surface area contributed by atoms with Crippen LogP contribution in [-0.2, 0) is 16.0 Å². The Morgan fingerprint density at radius 1 is 1.25 bits per heavy atom. The second-order valence-corrected chi connectivity index (χ2v) is 5.06. The zero-order valence-electron chi connectivity index (χ0n) is 11.5. The number of ether oxygens (including phenoxy) is 2. The van der Waals surface area contributed by atoms with E-state index in [0.29, 0.717) is 6.61 Å². The van der Waals surface area contributed by atoms with Crippen LogP contribution in [-0.4, -0.2) is 24.1 Å². The molecule has 106 valence electrons. The van der Waals surface area contributed by atoms with Crippen LogP contribution in [0.15, 0.2) is 41.3 Å². The van der Waals surface area contributed by atoms with Crippen LogP contribution < -0.4 is 5.43 Å². The first kappa shape index (κ1) is 13.3. The van der Waals surface area contributed by atoms with E-state index in [1.807, 2.05) is 30.5 Å². The van der Waals surface area contributed by atoms with Crippen LogP contribution in [0.1, 0.15) is 19.3 Å². The fourth-order valence-corrected chi connectivity index (χ4v) is 2.58. The lowest BCUT2D eigenvalue weighted by Crippen LogP contribution is -2.24. The molecule has 1 unspecified atom stereocenters. The van der Waals surface area contributed by atoms with Gasteiger partial charge in [0.15, 0.2) is 11.7 Å². The second-order valence-electron chi connectivity index (χ2n) is 5.06. The molecule has 4 nitrogen and oxygen atoms in total. The van der Waals surface area contributed by atoms with Crippen LogP contribution in [0.3, 0.4) is 0 Å². The van der Waals surface area contributed by atoms with E-state index in [9.17, 15) is 4.79 Å². The lowest BCUT2D eigenvalue weighted by Gasteiger charge is -2.23. The molecule has 1 saturated heterocycles. The van der Waals surface area contributed by atoms with Crippen LogP contribution in [0, 0.1) is 0 Å². The summed E-state index contributed by atoms with van der Waals surface area (Å²) in [6, 6.07) is 9.27. The predicted molar refractivity (Wildman–Crippen MR) is 77.8 cm³/mol. The molecule has 0 saturated carbocycles. The molecule has 1 atom stereocenters. The van der Waals surface area contributed by atoms with Gasteiger partial charge in [0.1, 0.15) is 0 Å². The third-order valence-electron chi connectivity index (χ3n) is 3.66. The average Bonchev–Trinajstić information content (AvgIpc) is 2.51. The van der Waals surface area contributed by atoms with E-state index in [0.717, 1.165) is 36.9 Å². The summed E-state index contributed by atoms with van der Waals surface area (Å²) in [5, 5.41) is 0.754. The van der Waals surface area contributed by atoms with E-state index in [2.05, 4.69) is 4.57 Å². The molecule has 0 amide bonds. The summed E-state index contributed by atoms with van der Waals surface area (Å²) >= 11 is 0. The first-order chi connectivity index (χ1) is 9.84. The van der Waals surface area contributed by atoms with Gasteiger partial charge in [-0.05, 0) is 31.4 Å². The molecule has 0 bridgehead atoms. The quantitative estimate of drug-likeness (QED) is 0.859. The van der Waals surface area contributed by atoms with Crippen molar-refractivity contribution in [2.45, 2.75) is 32.1 Å². The summed E-state index contributed by atoms with van der Waals surface area (Å²) in [6.45, 7) is 2.11. The van der Waals surface area contributed by atoms with Crippen molar-refractivity contribution in [3.05, 3.63) is 46.8 Å². The second kappa shape index (κ2) is 6.20. The molecule has 0 radical (unpaired) electrons. The zero-order chi connectivity index (χ0) is 13.8. The summed E-state index contributed by atoms with van der Waals surface area (Å²) in [4.78, 5) is 11.8. The largest absolute Gasteiger partial charge is 0.353 e. The molecular formula is C16H19NO3. The van der Waals surface area contributed by atoms with Crippen molar-refractivity contribution in [2.75, 3.05) is 13.2 Å². The van der Waals surface area contributed by atoms with Gasteiger partial charge in [0, 0.05) is 30.8 Å². The monoisotopic (exact) mass is 273 g/mol. The van der Waals surface area contributed by atoms with Crippen molar-refractivity contribution < 1.29 is 9.47 Å². The molecule has 4 heteroatoms. The molecule has 0 N–H and O–H groups in total. The Morgan fingerprint density at radius 3 is 3.00 bits per heavy atom. The van der Waals surface area contributed by atoms with Gasteiger partial charge in [-0.3, -0.25) is 4.79 Å².